The molecule has 2 aromatic heterocycles. The number of carbonyl (C=O) groups excluding carboxylic acids is 1. The minimum absolute atomic E-state index is 0.149. The number of aryl methyl sites for hydroxylation is 2. The van der Waals surface area contributed by atoms with Crippen LogP contribution in [0.1, 0.15) is 51.7 Å². The lowest BCUT2D eigenvalue weighted by molar-refractivity contribution is 0.0901. The van der Waals surface area contributed by atoms with Crippen LogP contribution in [0.2, 0.25) is 0 Å². The summed E-state index contributed by atoms with van der Waals surface area (Å²) in [5.74, 6) is 0.0749. The van der Waals surface area contributed by atoms with Gasteiger partial charge in [-0.05, 0) is 44.5 Å². The number of carbonyl (C=O) groups is 1. The summed E-state index contributed by atoms with van der Waals surface area (Å²) in [6, 6.07) is 9.94. The Kier molecular flexibility index (Phi) is 4.53. The Bertz CT molecular complexity index is 971. The van der Waals surface area contributed by atoms with Gasteiger partial charge >= 0.3 is 0 Å². The van der Waals surface area contributed by atoms with Crippen molar-refractivity contribution < 1.29 is 9.32 Å². The molecule has 0 fully saturated rings. The van der Waals surface area contributed by atoms with Crippen LogP contribution in [0.15, 0.2) is 34.9 Å². The van der Waals surface area contributed by atoms with Crippen LogP contribution in [0.3, 0.4) is 0 Å². The van der Waals surface area contributed by atoms with Gasteiger partial charge < -0.3 is 15.2 Å². The molecule has 140 valence electrons. The fourth-order valence-corrected chi connectivity index (χ4v) is 3.46. The Morgan fingerprint density at radius 2 is 2.07 bits per heavy atom. The topological polar surface area (TPSA) is 85.0 Å². The summed E-state index contributed by atoms with van der Waals surface area (Å²) >= 11 is 0. The molecule has 0 bridgehead atoms. The highest BCUT2D eigenvalue weighted by Crippen LogP contribution is 2.21. The van der Waals surface area contributed by atoms with Gasteiger partial charge in [-0.15, -0.1) is 0 Å². The van der Waals surface area contributed by atoms with Gasteiger partial charge in [0.1, 0.15) is 0 Å². The summed E-state index contributed by atoms with van der Waals surface area (Å²) in [6.07, 6.45) is 0.787. The van der Waals surface area contributed by atoms with E-state index >= 15 is 0 Å². The van der Waals surface area contributed by atoms with Crippen LogP contribution < -0.4 is 10.6 Å². The summed E-state index contributed by atoms with van der Waals surface area (Å²) in [6.45, 7) is 7.44. The van der Waals surface area contributed by atoms with Crippen molar-refractivity contribution >= 4 is 5.91 Å². The molecule has 0 spiro atoms. The number of fused-ring (bicyclic) bond motifs is 1. The molecule has 0 radical (unpaired) electrons. The Balaban J connectivity index is 1.48. The molecule has 0 saturated carbocycles. The lowest BCUT2D eigenvalue weighted by Crippen LogP contribution is -2.29. The van der Waals surface area contributed by atoms with Crippen molar-refractivity contribution in [3.63, 3.8) is 0 Å². The van der Waals surface area contributed by atoms with Gasteiger partial charge in [0.15, 0.2) is 0 Å². The van der Waals surface area contributed by atoms with Crippen LogP contribution in [0.4, 0.5) is 0 Å². The molecule has 0 aliphatic carbocycles. The van der Waals surface area contributed by atoms with E-state index in [0.717, 1.165) is 46.9 Å². The molecule has 27 heavy (non-hydrogen) atoms. The number of amides is 1. The Hall–Kier alpha value is -2.93. The van der Waals surface area contributed by atoms with Gasteiger partial charge in [-0.25, -0.2) is 4.68 Å². The maximum atomic E-state index is 12.6. The smallest absolute Gasteiger partial charge is 0.290 e. The second-order valence-electron chi connectivity index (χ2n) is 6.99. The van der Waals surface area contributed by atoms with Crippen LogP contribution in [0.25, 0.3) is 5.69 Å². The predicted molar refractivity (Wildman–Crippen MR) is 101 cm³/mol. The van der Waals surface area contributed by atoms with Crippen LogP contribution in [0.5, 0.6) is 0 Å². The third-order valence-corrected chi connectivity index (χ3v) is 4.91. The van der Waals surface area contributed by atoms with E-state index in [2.05, 4.69) is 20.9 Å². The first-order chi connectivity index (χ1) is 13.0. The average molecular weight is 365 g/mol. The van der Waals surface area contributed by atoms with Gasteiger partial charge in [0.2, 0.25) is 5.76 Å². The Morgan fingerprint density at radius 3 is 2.78 bits per heavy atom. The Labute approximate surface area is 157 Å². The minimum Gasteiger partial charge on any atom is -0.350 e. The van der Waals surface area contributed by atoms with Crippen molar-refractivity contribution in [1.82, 2.24) is 25.6 Å². The number of nitrogens with one attached hydrogen (secondary N) is 2. The molecule has 1 aromatic carbocycles. The van der Waals surface area contributed by atoms with Crippen LogP contribution in [0, 0.1) is 13.8 Å². The molecular formula is C20H23N5O2. The van der Waals surface area contributed by atoms with Gasteiger partial charge in [-0.3, -0.25) is 4.79 Å². The third kappa shape index (κ3) is 3.38. The normalized spacial score (nSPS) is 14.6. The van der Waals surface area contributed by atoms with Gasteiger partial charge in [0, 0.05) is 30.8 Å². The number of nitrogens with zero attached hydrogens (tertiary/aromatic N) is 3. The number of benzene rings is 1. The second kappa shape index (κ2) is 7.00. The van der Waals surface area contributed by atoms with Gasteiger partial charge in [-0.1, -0.05) is 17.3 Å². The molecule has 1 amide bonds. The highest BCUT2D eigenvalue weighted by molar-refractivity contribution is 5.93. The fourth-order valence-electron chi connectivity index (χ4n) is 3.46. The maximum Gasteiger partial charge on any atom is 0.290 e. The van der Waals surface area contributed by atoms with Crippen LogP contribution in [-0.2, 0) is 13.0 Å². The first kappa shape index (κ1) is 17.5. The number of rotatable bonds is 4. The maximum absolute atomic E-state index is 12.6. The molecular weight excluding hydrogens is 342 g/mol. The average Bonchev–Trinajstić information content (AvgIpc) is 3.24. The molecule has 1 unspecified atom stereocenters. The van der Waals surface area contributed by atoms with E-state index in [0.29, 0.717) is 12.3 Å². The van der Waals surface area contributed by atoms with E-state index in [1.165, 1.54) is 0 Å². The fraction of sp³-hybridized carbons (Fsp3) is 0.350. The molecule has 3 aromatic rings. The zero-order chi connectivity index (χ0) is 19.0. The van der Waals surface area contributed by atoms with Gasteiger partial charge in [-0.2, -0.15) is 5.10 Å². The van der Waals surface area contributed by atoms with Crippen molar-refractivity contribution in [2.75, 3.05) is 6.54 Å². The summed E-state index contributed by atoms with van der Waals surface area (Å²) in [4.78, 5) is 12.6. The van der Waals surface area contributed by atoms with Crippen molar-refractivity contribution in [2.45, 2.75) is 39.8 Å². The largest absolute Gasteiger partial charge is 0.350 e. The summed E-state index contributed by atoms with van der Waals surface area (Å²) in [7, 11) is 0. The van der Waals surface area contributed by atoms with E-state index in [1.807, 2.05) is 55.8 Å². The van der Waals surface area contributed by atoms with Crippen molar-refractivity contribution in [3.8, 4) is 5.69 Å². The van der Waals surface area contributed by atoms with E-state index < -0.39 is 0 Å². The van der Waals surface area contributed by atoms with E-state index in [-0.39, 0.29) is 11.9 Å². The van der Waals surface area contributed by atoms with E-state index in [4.69, 9.17) is 4.52 Å². The van der Waals surface area contributed by atoms with Crippen molar-refractivity contribution in [3.05, 3.63) is 64.3 Å². The minimum atomic E-state index is -0.234. The standard InChI is InChI=1S/C20H23N5O2/c1-12-10-13(2)25(23-12)16-6-4-15(5-7-16)14(3)22-20(26)19-17-11-21-9-8-18(17)24-27-19/h4-7,10,14,21H,8-9,11H2,1-3H3,(H,22,26). The molecule has 7 nitrogen and oxygen atoms in total. The molecule has 1 aliphatic rings. The van der Waals surface area contributed by atoms with Crippen molar-refractivity contribution in [1.29, 1.82) is 0 Å². The van der Waals surface area contributed by atoms with Gasteiger partial charge in [0.05, 0.1) is 23.1 Å². The summed E-state index contributed by atoms with van der Waals surface area (Å²) in [5, 5.41) is 14.8. The lowest BCUT2D eigenvalue weighted by atomic mass is 10.1. The van der Waals surface area contributed by atoms with E-state index in [9.17, 15) is 4.79 Å². The molecule has 0 saturated heterocycles. The highest BCUT2D eigenvalue weighted by Gasteiger charge is 2.25. The highest BCUT2D eigenvalue weighted by atomic mass is 16.5. The quantitative estimate of drug-likeness (QED) is 0.742. The van der Waals surface area contributed by atoms with E-state index in [1.54, 1.807) is 0 Å². The SMILES string of the molecule is Cc1cc(C)n(-c2ccc(C(C)NC(=O)c3onc4c3CNCC4)cc2)n1. The second-order valence-corrected chi connectivity index (χ2v) is 6.99. The molecule has 3 heterocycles. The Morgan fingerprint density at radius 1 is 1.30 bits per heavy atom. The first-order valence-electron chi connectivity index (χ1n) is 9.15. The lowest BCUT2D eigenvalue weighted by Gasteiger charge is -2.15. The summed E-state index contributed by atoms with van der Waals surface area (Å²) in [5.41, 5.74) is 5.83. The zero-order valence-electron chi connectivity index (χ0n) is 15.7. The predicted octanol–water partition coefficient (Wildman–Crippen LogP) is 2.61. The third-order valence-electron chi connectivity index (χ3n) is 4.91. The molecule has 7 heteroatoms. The molecule has 1 atom stereocenters. The van der Waals surface area contributed by atoms with Gasteiger partial charge in [0.25, 0.3) is 5.91 Å². The number of hydrogen-bond acceptors (Lipinski definition) is 5. The molecule has 1 aliphatic heterocycles. The zero-order valence-corrected chi connectivity index (χ0v) is 15.7. The van der Waals surface area contributed by atoms with Crippen LogP contribution in [-0.4, -0.2) is 27.4 Å². The molecule has 2 N–H and O–H groups in total. The molecule has 4 rings (SSSR count). The monoisotopic (exact) mass is 365 g/mol. The van der Waals surface area contributed by atoms with Crippen LogP contribution >= 0.6 is 0 Å². The van der Waals surface area contributed by atoms with Crippen molar-refractivity contribution in [2.24, 2.45) is 0 Å². The first-order valence-corrected chi connectivity index (χ1v) is 9.15. The number of hydrogen-bond donors (Lipinski definition) is 2. The number of aromatic nitrogens is 3. The summed E-state index contributed by atoms with van der Waals surface area (Å²) < 4.78 is 7.21.